The van der Waals surface area contributed by atoms with E-state index in [0.29, 0.717) is 129 Å². The van der Waals surface area contributed by atoms with Gasteiger partial charge in [0.25, 0.3) is 51.4 Å². The van der Waals surface area contributed by atoms with Gasteiger partial charge in [0.2, 0.25) is 0 Å². The van der Waals surface area contributed by atoms with Crippen molar-refractivity contribution in [2.75, 3.05) is 184 Å². The van der Waals surface area contributed by atoms with E-state index in [1.807, 2.05) is 99.3 Å². The third kappa shape index (κ3) is 16.1. The van der Waals surface area contributed by atoms with E-state index in [-0.39, 0.29) is 143 Å². The average Bonchev–Trinajstić information content (AvgIpc) is 0.717. The first-order valence-electron chi connectivity index (χ1n) is 48.3. The zero-order valence-corrected chi connectivity index (χ0v) is 85.8. The van der Waals surface area contributed by atoms with Gasteiger partial charge in [-0.25, -0.2) is 53.1 Å². The zero-order chi connectivity index (χ0) is 106. The van der Waals surface area contributed by atoms with Crippen LogP contribution in [0.1, 0.15) is 96.0 Å². The topological polar surface area (TPSA) is 253 Å². The number of amides is 4. The van der Waals surface area contributed by atoms with Crippen LogP contribution in [0.2, 0.25) is 0 Å². The molecule has 144 heavy (non-hydrogen) atoms. The quantitative estimate of drug-likeness (QED) is 0.0852. The summed E-state index contributed by atoms with van der Waals surface area (Å²) in [6, 6.07) is 3.61. The Balaban J connectivity index is 0.000000129. The number of unbranched alkanes of at least 4 members (excludes halogenated alkanes) is 1. The molecule has 42 heteroatoms. The second-order valence-corrected chi connectivity index (χ2v) is 40.3. The molecule has 5 aromatic carbocycles. The number of ether oxygens (including phenoxy) is 1. The molecular weight excluding hydrogens is 1890 g/mol. The van der Waals surface area contributed by atoms with Gasteiger partial charge in [0.1, 0.15) is 87.7 Å². The Bertz CT molecular complexity index is 7250. The van der Waals surface area contributed by atoms with Crippen molar-refractivity contribution in [1.82, 2.24) is 47.3 Å². The first-order chi connectivity index (χ1) is 67.7. The van der Waals surface area contributed by atoms with Crippen molar-refractivity contribution in [2.45, 2.75) is 176 Å². The van der Waals surface area contributed by atoms with Crippen LogP contribution in [0.3, 0.4) is 0 Å². The standard InChI is InChI=1S/C24H32F2N4O3.C20H23F3N4O2.C20H24F2N4O2.2C19H22F2N4O2/c1-7-8-9-29-21(24(32)33-6)17-12-27(4)13(2)11-30(17)20-15-10-16(25)14(3)18(26)19(15)28(5)23(31)22(20)29;1-9-7-26-14(8-24(9)4)19(28)27(11(3)21)18-17(26)12-6-13(22)10(2)15(23)16(12)25(5)20(18)29;1-6-25-18-17(26-8-10(2)23(4)9-14(26)19(25)27)12-7-13(21)11(3)15(22)16(12)24(5)20(18)28;2*1-9-7-25-13(8-22(9)3)18(26)24(5)17-16(25)11-6-12(20)10(2)14(21)15(11)23(4)19(17)27/h10,13,17,21H,7-9,11-12H2,1-6H3;6,9,11,14H,7-8H2,1-5H3;7,10,14H,6,8-9H2,1-5H3;2*6,9,13H,7-8H2,1-5H3. The molecule has 5 fully saturated rings. The second-order valence-electron chi connectivity index (χ2n) is 40.3. The number of methoxy groups -OCH3 is 1. The lowest BCUT2D eigenvalue weighted by Crippen LogP contribution is -2.69. The van der Waals surface area contributed by atoms with Crippen LogP contribution >= 0.6 is 0 Å². The molecule has 0 radical (unpaired) electrons. The van der Waals surface area contributed by atoms with Gasteiger partial charge in [-0.2, -0.15) is 0 Å². The number of pyridine rings is 5. The Labute approximate surface area is 824 Å². The summed E-state index contributed by atoms with van der Waals surface area (Å²) in [5.41, 5.74) is -0.201. The molecule has 10 aliphatic heterocycles. The lowest BCUT2D eigenvalue weighted by atomic mass is 9.92. The summed E-state index contributed by atoms with van der Waals surface area (Å²) >= 11 is 0. The highest BCUT2D eigenvalue weighted by atomic mass is 19.2. The minimum absolute atomic E-state index is 0.0282. The summed E-state index contributed by atoms with van der Waals surface area (Å²) in [4.78, 5) is 158. The lowest BCUT2D eigenvalue weighted by Gasteiger charge is -2.54. The van der Waals surface area contributed by atoms with Gasteiger partial charge in [-0.1, -0.05) is 13.3 Å². The first-order valence-corrected chi connectivity index (χ1v) is 48.3. The SMILES string of the molecule is CCCCN1c2c(c3cc(F)c(C)c(F)c3n(C)c2=O)N2CC(C)N(C)CC2C1C(=O)OC.CCN1C(=O)C2CN(C)C(C)CN2c2c1c(=O)n(C)c1c(F)c(C)c(F)cc21.Cc1c(F)cc2c3c(c(=O)n(C)c2c1F)N(C(C)F)C(=O)C1CN(C)C(C)CN31.Cc1c(F)cc2c3c(c(=O)n(C)c2c1F)N(C)C(=O)C1CN(C)C(C)CN31.Cc1c(F)cc2c3c(c(=O)n(C)c2c1F)N(C)C(=O)C1CN(C)C(C)CN31. The number of hydrogen-bond donors (Lipinski definition) is 0. The predicted molar refractivity (Wildman–Crippen MR) is 536 cm³/mol. The third-order valence-corrected chi connectivity index (χ3v) is 31.8. The number of benzene rings is 5. The molecule has 12 unspecified atom stereocenters. The minimum atomic E-state index is -1.77. The summed E-state index contributed by atoms with van der Waals surface area (Å²) < 4.78 is 173. The van der Waals surface area contributed by atoms with Crippen LogP contribution in [0.15, 0.2) is 54.3 Å². The van der Waals surface area contributed by atoms with Crippen molar-refractivity contribution >= 4 is 141 Å². The molecule has 4 amide bonds. The summed E-state index contributed by atoms with van der Waals surface area (Å²) in [5.74, 6) is -8.70. The molecule has 12 atom stereocenters. The van der Waals surface area contributed by atoms with Gasteiger partial charge in [-0.3, -0.25) is 72.6 Å². The highest BCUT2D eigenvalue weighted by molar-refractivity contribution is 6.16. The van der Waals surface area contributed by atoms with Gasteiger partial charge in [0.05, 0.1) is 69.2 Å². The van der Waals surface area contributed by atoms with Crippen LogP contribution in [0, 0.1) is 92.8 Å². The molecule has 0 bridgehead atoms. The Hall–Kier alpha value is -12.7. The van der Waals surface area contributed by atoms with Crippen LogP contribution in [0.25, 0.3) is 54.5 Å². The van der Waals surface area contributed by atoms with E-state index in [0.717, 1.165) is 22.3 Å². The molecule has 0 aliphatic carbocycles. The summed E-state index contributed by atoms with van der Waals surface area (Å²) in [5, 5.41) is 1.45. The molecule has 31 nitrogen and oxygen atoms in total. The number of carbonyl (C=O) groups is 5. The maximum atomic E-state index is 15.3. The van der Waals surface area contributed by atoms with Gasteiger partial charge in [-0.15, -0.1) is 0 Å². The predicted octanol–water partition coefficient (Wildman–Crippen LogP) is 10.3. The average molecular weight is 2010 g/mol. The van der Waals surface area contributed by atoms with E-state index in [2.05, 4.69) is 26.5 Å². The number of anilines is 10. The molecular formula is C102H123F11N20O11. The van der Waals surface area contributed by atoms with E-state index >= 15 is 4.39 Å². The molecule has 10 aromatic rings. The van der Waals surface area contributed by atoms with E-state index in [1.54, 1.807) is 25.9 Å². The molecule has 0 saturated carbocycles. The Morgan fingerprint density at radius 2 is 0.604 bits per heavy atom. The van der Waals surface area contributed by atoms with E-state index in [1.165, 1.54) is 147 Å². The van der Waals surface area contributed by atoms with Gasteiger partial charge in [-0.05, 0) is 155 Å². The van der Waals surface area contributed by atoms with Crippen molar-refractivity contribution in [3.63, 3.8) is 0 Å². The molecule has 10 aliphatic rings. The number of likely N-dealkylation sites (N-methyl/N-ethyl adjacent to an activating group) is 8. The Kier molecular flexibility index (Phi) is 27.8. The fraction of sp³-hybridized carbons (Fsp3) is 0.510. The van der Waals surface area contributed by atoms with Crippen LogP contribution in [0.5, 0.6) is 0 Å². The number of hydrogen-bond acceptors (Lipinski definition) is 22. The van der Waals surface area contributed by atoms with Gasteiger partial charge in [0.15, 0.2) is 35.4 Å². The number of carbonyl (C=O) groups excluding carboxylic acids is 5. The maximum Gasteiger partial charge on any atom is 0.330 e. The van der Waals surface area contributed by atoms with Gasteiger partial charge >= 0.3 is 5.97 Å². The molecule has 0 spiro atoms. The fourth-order valence-electron chi connectivity index (χ4n) is 22.4. The monoisotopic (exact) mass is 2010 g/mol. The van der Waals surface area contributed by atoms with E-state index < -0.39 is 134 Å². The summed E-state index contributed by atoms with van der Waals surface area (Å²) in [7, 11) is 21.3. The fourth-order valence-corrected chi connectivity index (χ4v) is 22.4. The van der Waals surface area contributed by atoms with Gasteiger partial charge in [0, 0.05) is 213 Å². The van der Waals surface area contributed by atoms with Crippen molar-refractivity contribution in [3.05, 3.63) is 168 Å². The van der Waals surface area contributed by atoms with Gasteiger partial charge < -0.3 is 71.7 Å². The van der Waals surface area contributed by atoms with Crippen LogP contribution in [-0.4, -0.2) is 285 Å². The number of halogens is 11. The van der Waals surface area contributed by atoms with Crippen molar-refractivity contribution in [2.24, 2.45) is 35.2 Å². The molecule has 5 saturated heterocycles. The Morgan fingerprint density at radius 3 is 0.903 bits per heavy atom. The minimum Gasteiger partial charge on any atom is -0.467 e. The molecule has 20 rings (SSSR count). The second kappa shape index (κ2) is 38.4. The molecule has 5 aromatic heterocycles. The number of aryl methyl sites for hydroxylation is 5. The molecule has 0 N–H and O–H groups in total. The van der Waals surface area contributed by atoms with Crippen molar-refractivity contribution < 1.29 is 77.0 Å². The lowest BCUT2D eigenvalue weighted by molar-refractivity contribution is -0.143. The maximum absolute atomic E-state index is 15.3. The van der Waals surface area contributed by atoms with Crippen LogP contribution in [-0.2, 0) is 63.9 Å². The molecule has 15 heterocycles. The van der Waals surface area contributed by atoms with Crippen LogP contribution < -0.4 is 76.8 Å². The number of alkyl halides is 1. The normalized spacial score (nSPS) is 23.0. The largest absolute Gasteiger partial charge is 0.467 e. The smallest absolute Gasteiger partial charge is 0.330 e. The highest BCUT2D eigenvalue weighted by Crippen LogP contribution is 2.51. The van der Waals surface area contributed by atoms with E-state index in [4.69, 9.17) is 4.74 Å². The number of rotatable bonds is 6. The summed E-state index contributed by atoms with van der Waals surface area (Å²) in [6.07, 6.45) is -0.149. The number of aromatic nitrogens is 5. The number of esters is 1. The van der Waals surface area contributed by atoms with Crippen LogP contribution in [0.4, 0.5) is 105 Å². The number of fused-ring (bicyclic) bond motifs is 25. The Morgan fingerprint density at radius 1 is 0.347 bits per heavy atom. The first kappa shape index (κ1) is 104. The van der Waals surface area contributed by atoms with E-state index in [9.17, 15) is 91.8 Å². The summed E-state index contributed by atoms with van der Waals surface area (Å²) in [6.45, 7) is 27.3. The zero-order valence-electron chi connectivity index (χ0n) is 85.8. The third-order valence-electron chi connectivity index (χ3n) is 31.8. The van der Waals surface area contributed by atoms with Crippen molar-refractivity contribution in [1.29, 1.82) is 0 Å². The number of nitrogens with zero attached hydrogens (tertiary/aromatic N) is 20. The highest BCUT2D eigenvalue weighted by Gasteiger charge is 2.54. The van der Waals surface area contributed by atoms with Crippen molar-refractivity contribution in [3.8, 4) is 0 Å². The molecule has 774 valence electrons. The number of piperazine rings is 5.